The number of hydrogen-bond acceptors (Lipinski definition) is 4. The Labute approximate surface area is 75.1 Å². The molecule has 0 aromatic heterocycles. The van der Waals surface area contributed by atoms with Gasteiger partial charge in [0, 0.05) is 32.2 Å². The maximum Gasteiger partial charge on any atom is 0.0105 e. The second-order valence-corrected chi connectivity index (χ2v) is 3.18. The number of nitrogens with zero attached hydrogens (tertiary/aromatic N) is 1. The standard InChI is InChI=1S/C8H22N4/c1-8(11)2-5-12(6-3-9)7-4-10/h8H,2-7,9-11H2,1H3. The Hall–Kier alpha value is -0.160. The van der Waals surface area contributed by atoms with Crippen molar-refractivity contribution in [3.8, 4) is 0 Å². The Morgan fingerprint density at radius 3 is 1.92 bits per heavy atom. The first-order chi connectivity index (χ1) is 5.70. The van der Waals surface area contributed by atoms with Crippen molar-refractivity contribution in [1.82, 2.24) is 4.90 Å². The summed E-state index contributed by atoms with van der Waals surface area (Å²) in [7, 11) is 0. The van der Waals surface area contributed by atoms with Crippen LogP contribution >= 0.6 is 0 Å². The molecule has 0 aliphatic heterocycles. The minimum atomic E-state index is 0.267. The molecule has 0 rings (SSSR count). The summed E-state index contributed by atoms with van der Waals surface area (Å²) in [5.41, 5.74) is 16.5. The predicted molar refractivity (Wildman–Crippen MR) is 52.8 cm³/mol. The summed E-state index contributed by atoms with van der Waals surface area (Å²) >= 11 is 0. The maximum atomic E-state index is 5.64. The molecule has 4 heteroatoms. The van der Waals surface area contributed by atoms with E-state index >= 15 is 0 Å². The van der Waals surface area contributed by atoms with E-state index in [1.807, 2.05) is 6.92 Å². The smallest absolute Gasteiger partial charge is 0.0105 e. The van der Waals surface area contributed by atoms with Gasteiger partial charge in [0.05, 0.1) is 0 Å². The minimum Gasteiger partial charge on any atom is -0.329 e. The molecular formula is C8H22N4. The van der Waals surface area contributed by atoms with Crippen LogP contribution in [0.15, 0.2) is 0 Å². The van der Waals surface area contributed by atoms with E-state index < -0.39 is 0 Å². The van der Waals surface area contributed by atoms with Gasteiger partial charge in [-0.1, -0.05) is 0 Å². The van der Waals surface area contributed by atoms with Gasteiger partial charge in [-0.15, -0.1) is 0 Å². The minimum absolute atomic E-state index is 0.267. The van der Waals surface area contributed by atoms with Crippen LogP contribution in [0.5, 0.6) is 0 Å². The quantitative estimate of drug-likeness (QED) is 0.460. The largest absolute Gasteiger partial charge is 0.329 e. The highest BCUT2D eigenvalue weighted by molar-refractivity contribution is 4.62. The molecule has 0 aromatic rings. The van der Waals surface area contributed by atoms with Crippen LogP contribution < -0.4 is 17.2 Å². The number of nitrogens with two attached hydrogens (primary N) is 3. The van der Waals surface area contributed by atoms with Gasteiger partial charge in [-0.25, -0.2) is 0 Å². The van der Waals surface area contributed by atoms with Gasteiger partial charge in [0.1, 0.15) is 0 Å². The predicted octanol–water partition coefficient (Wildman–Crippen LogP) is -1.06. The molecule has 0 aliphatic rings. The van der Waals surface area contributed by atoms with E-state index in [0.29, 0.717) is 13.1 Å². The molecule has 0 saturated carbocycles. The highest BCUT2D eigenvalue weighted by Crippen LogP contribution is 1.92. The van der Waals surface area contributed by atoms with Crippen molar-refractivity contribution in [1.29, 1.82) is 0 Å². The molecule has 74 valence electrons. The summed E-state index contributed by atoms with van der Waals surface area (Å²) in [6.07, 6.45) is 1.01. The summed E-state index contributed by atoms with van der Waals surface area (Å²) in [5.74, 6) is 0. The molecule has 6 N–H and O–H groups in total. The van der Waals surface area contributed by atoms with Crippen molar-refractivity contribution < 1.29 is 0 Å². The Morgan fingerprint density at radius 2 is 1.58 bits per heavy atom. The van der Waals surface area contributed by atoms with Gasteiger partial charge in [-0.05, 0) is 19.9 Å². The van der Waals surface area contributed by atoms with Crippen molar-refractivity contribution in [3.05, 3.63) is 0 Å². The van der Waals surface area contributed by atoms with E-state index in [1.54, 1.807) is 0 Å². The Balaban J connectivity index is 3.48. The third kappa shape index (κ3) is 6.54. The van der Waals surface area contributed by atoms with Crippen LogP contribution in [-0.4, -0.2) is 43.7 Å². The second-order valence-electron chi connectivity index (χ2n) is 3.18. The van der Waals surface area contributed by atoms with E-state index in [2.05, 4.69) is 4.90 Å². The van der Waals surface area contributed by atoms with Crippen molar-refractivity contribution in [2.45, 2.75) is 19.4 Å². The van der Waals surface area contributed by atoms with Crippen molar-refractivity contribution in [2.75, 3.05) is 32.7 Å². The van der Waals surface area contributed by atoms with Crippen LogP contribution in [0.4, 0.5) is 0 Å². The fourth-order valence-corrected chi connectivity index (χ4v) is 1.09. The van der Waals surface area contributed by atoms with Gasteiger partial charge >= 0.3 is 0 Å². The molecular weight excluding hydrogens is 152 g/mol. The third-order valence-corrected chi connectivity index (χ3v) is 1.79. The van der Waals surface area contributed by atoms with E-state index in [0.717, 1.165) is 26.1 Å². The Kier molecular flexibility index (Phi) is 7.39. The molecule has 4 nitrogen and oxygen atoms in total. The highest BCUT2D eigenvalue weighted by Gasteiger charge is 2.03. The Bertz CT molecular complexity index is 89.1. The lowest BCUT2D eigenvalue weighted by molar-refractivity contribution is 0.279. The first kappa shape index (κ1) is 11.8. The lowest BCUT2D eigenvalue weighted by Gasteiger charge is -2.21. The molecule has 0 aromatic carbocycles. The summed E-state index contributed by atoms with van der Waals surface area (Å²) in [5, 5.41) is 0. The molecule has 12 heavy (non-hydrogen) atoms. The zero-order valence-corrected chi connectivity index (χ0v) is 8.00. The summed E-state index contributed by atoms with van der Waals surface area (Å²) in [6.45, 7) is 6.25. The lowest BCUT2D eigenvalue weighted by Crippen LogP contribution is -2.36. The van der Waals surface area contributed by atoms with Gasteiger partial charge in [0.2, 0.25) is 0 Å². The number of rotatable bonds is 7. The fourth-order valence-electron chi connectivity index (χ4n) is 1.09. The molecule has 1 unspecified atom stereocenters. The lowest BCUT2D eigenvalue weighted by atomic mass is 10.2. The van der Waals surface area contributed by atoms with Gasteiger partial charge < -0.3 is 22.1 Å². The fraction of sp³-hybridized carbons (Fsp3) is 1.00. The zero-order chi connectivity index (χ0) is 9.40. The van der Waals surface area contributed by atoms with Crippen molar-refractivity contribution in [2.24, 2.45) is 17.2 Å². The van der Waals surface area contributed by atoms with E-state index in [4.69, 9.17) is 17.2 Å². The van der Waals surface area contributed by atoms with Crippen LogP contribution in [0, 0.1) is 0 Å². The molecule has 0 amide bonds. The van der Waals surface area contributed by atoms with Gasteiger partial charge in [0.15, 0.2) is 0 Å². The molecule has 0 heterocycles. The van der Waals surface area contributed by atoms with Crippen LogP contribution in [0.25, 0.3) is 0 Å². The number of hydrogen-bond donors (Lipinski definition) is 3. The third-order valence-electron chi connectivity index (χ3n) is 1.79. The molecule has 0 fully saturated rings. The van der Waals surface area contributed by atoms with Crippen LogP contribution in [0.1, 0.15) is 13.3 Å². The monoisotopic (exact) mass is 174 g/mol. The highest BCUT2D eigenvalue weighted by atomic mass is 15.1. The second kappa shape index (κ2) is 7.49. The van der Waals surface area contributed by atoms with Crippen LogP contribution in [0.3, 0.4) is 0 Å². The van der Waals surface area contributed by atoms with Gasteiger partial charge in [0.25, 0.3) is 0 Å². The van der Waals surface area contributed by atoms with Crippen LogP contribution in [-0.2, 0) is 0 Å². The normalized spacial score (nSPS) is 13.8. The molecule has 1 atom stereocenters. The van der Waals surface area contributed by atoms with Gasteiger partial charge in [-0.3, -0.25) is 0 Å². The van der Waals surface area contributed by atoms with Gasteiger partial charge in [-0.2, -0.15) is 0 Å². The molecule has 0 radical (unpaired) electrons. The van der Waals surface area contributed by atoms with E-state index in [-0.39, 0.29) is 6.04 Å². The first-order valence-electron chi connectivity index (χ1n) is 4.58. The zero-order valence-electron chi connectivity index (χ0n) is 8.00. The molecule has 0 aliphatic carbocycles. The molecule has 0 spiro atoms. The van der Waals surface area contributed by atoms with Crippen LogP contribution in [0.2, 0.25) is 0 Å². The van der Waals surface area contributed by atoms with Crippen molar-refractivity contribution >= 4 is 0 Å². The summed E-state index contributed by atoms with van der Waals surface area (Å²) < 4.78 is 0. The SMILES string of the molecule is CC(N)CCN(CCN)CCN. The molecule has 0 saturated heterocycles. The Morgan fingerprint density at radius 1 is 1.08 bits per heavy atom. The van der Waals surface area contributed by atoms with E-state index in [9.17, 15) is 0 Å². The van der Waals surface area contributed by atoms with E-state index in [1.165, 1.54) is 0 Å². The van der Waals surface area contributed by atoms with Crippen molar-refractivity contribution in [3.63, 3.8) is 0 Å². The summed E-state index contributed by atoms with van der Waals surface area (Å²) in [6, 6.07) is 0.267. The topological polar surface area (TPSA) is 81.3 Å². The maximum absolute atomic E-state index is 5.64. The summed E-state index contributed by atoms with van der Waals surface area (Å²) in [4.78, 5) is 2.25. The first-order valence-corrected chi connectivity index (χ1v) is 4.58. The average Bonchev–Trinajstić information content (AvgIpc) is 2.01. The molecule has 0 bridgehead atoms. The average molecular weight is 174 g/mol.